The first-order valence-electron chi connectivity index (χ1n) is 5.63. The van der Waals surface area contributed by atoms with E-state index in [0.29, 0.717) is 6.04 Å². The van der Waals surface area contributed by atoms with Gasteiger partial charge in [0.05, 0.1) is 0 Å². The molecule has 1 aromatic rings. The number of benzene rings is 1. The second-order valence-electron chi connectivity index (χ2n) is 4.13. The summed E-state index contributed by atoms with van der Waals surface area (Å²) in [6.07, 6.45) is 1.16. The Morgan fingerprint density at radius 3 is 2.40 bits per heavy atom. The molecule has 0 aromatic heterocycles. The molecular formula is C13H21NS. The average molecular weight is 223 g/mol. The molecule has 0 amide bonds. The summed E-state index contributed by atoms with van der Waals surface area (Å²) in [5, 5.41) is 0. The summed E-state index contributed by atoms with van der Waals surface area (Å²) in [6, 6.07) is 11.3. The van der Waals surface area contributed by atoms with E-state index in [4.69, 9.17) is 0 Å². The number of nitrogens with zero attached hydrogens (tertiary/aromatic N) is 1. The van der Waals surface area contributed by atoms with Gasteiger partial charge in [0.2, 0.25) is 0 Å². The molecule has 1 rings (SSSR count). The van der Waals surface area contributed by atoms with Crippen molar-refractivity contribution in [3.05, 3.63) is 35.9 Å². The van der Waals surface area contributed by atoms with Gasteiger partial charge < -0.3 is 0 Å². The summed E-state index contributed by atoms with van der Waals surface area (Å²) >= 11 is 4.26. The summed E-state index contributed by atoms with van der Waals surface area (Å²) in [4.78, 5) is 2.49. The Bertz CT molecular complexity index is 258. The highest BCUT2D eigenvalue weighted by Gasteiger charge is 2.08. The SMILES string of the molecule is CC(C)N(CCCS)Cc1ccccc1. The molecule has 0 atom stereocenters. The molecule has 0 aliphatic rings. The van der Waals surface area contributed by atoms with E-state index in [1.807, 2.05) is 0 Å². The smallest absolute Gasteiger partial charge is 0.0236 e. The van der Waals surface area contributed by atoms with Crippen molar-refractivity contribution in [1.29, 1.82) is 0 Å². The van der Waals surface area contributed by atoms with Crippen LogP contribution in [0.1, 0.15) is 25.8 Å². The van der Waals surface area contributed by atoms with E-state index in [1.54, 1.807) is 0 Å². The maximum atomic E-state index is 4.26. The largest absolute Gasteiger partial charge is 0.297 e. The molecule has 0 saturated heterocycles. The summed E-state index contributed by atoms with van der Waals surface area (Å²) < 4.78 is 0. The van der Waals surface area contributed by atoms with Crippen LogP contribution < -0.4 is 0 Å². The van der Waals surface area contributed by atoms with Crippen molar-refractivity contribution in [2.75, 3.05) is 12.3 Å². The Morgan fingerprint density at radius 1 is 1.20 bits per heavy atom. The monoisotopic (exact) mass is 223 g/mol. The van der Waals surface area contributed by atoms with Gasteiger partial charge >= 0.3 is 0 Å². The van der Waals surface area contributed by atoms with Gasteiger partial charge in [0, 0.05) is 12.6 Å². The highest BCUT2D eigenvalue weighted by molar-refractivity contribution is 7.80. The van der Waals surface area contributed by atoms with Gasteiger partial charge in [-0.05, 0) is 38.1 Å². The van der Waals surface area contributed by atoms with Gasteiger partial charge in [0.15, 0.2) is 0 Å². The summed E-state index contributed by atoms with van der Waals surface area (Å²) in [5.74, 6) is 0.970. The quantitative estimate of drug-likeness (QED) is 0.725. The second kappa shape index (κ2) is 6.91. The van der Waals surface area contributed by atoms with Gasteiger partial charge in [-0.15, -0.1) is 0 Å². The van der Waals surface area contributed by atoms with Crippen molar-refractivity contribution in [2.24, 2.45) is 0 Å². The molecule has 0 radical (unpaired) electrons. The van der Waals surface area contributed by atoms with Crippen LogP contribution in [-0.4, -0.2) is 23.2 Å². The van der Waals surface area contributed by atoms with Gasteiger partial charge in [0.25, 0.3) is 0 Å². The molecule has 2 heteroatoms. The first kappa shape index (κ1) is 12.6. The van der Waals surface area contributed by atoms with Gasteiger partial charge in [0.1, 0.15) is 0 Å². The lowest BCUT2D eigenvalue weighted by Crippen LogP contribution is -2.31. The molecule has 0 spiro atoms. The average Bonchev–Trinajstić information content (AvgIpc) is 2.25. The topological polar surface area (TPSA) is 3.24 Å². The lowest BCUT2D eigenvalue weighted by atomic mass is 10.2. The van der Waals surface area contributed by atoms with Crippen LogP contribution in [0, 0.1) is 0 Å². The molecule has 84 valence electrons. The Morgan fingerprint density at radius 2 is 1.87 bits per heavy atom. The third-order valence-electron chi connectivity index (χ3n) is 2.56. The fourth-order valence-corrected chi connectivity index (χ4v) is 1.75. The number of rotatable bonds is 6. The van der Waals surface area contributed by atoms with Crippen LogP contribution >= 0.6 is 12.6 Å². The molecule has 0 saturated carbocycles. The highest BCUT2D eigenvalue weighted by atomic mass is 32.1. The number of hydrogen-bond donors (Lipinski definition) is 1. The van der Waals surface area contributed by atoms with E-state index in [0.717, 1.165) is 25.3 Å². The molecule has 0 aliphatic heterocycles. The molecule has 0 fully saturated rings. The maximum Gasteiger partial charge on any atom is 0.0236 e. The van der Waals surface area contributed by atoms with E-state index >= 15 is 0 Å². The Balaban J connectivity index is 2.51. The zero-order valence-electron chi connectivity index (χ0n) is 9.69. The van der Waals surface area contributed by atoms with Crippen LogP contribution in [0.2, 0.25) is 0 Å². The van der Waals surface area contributed by atoms with Crippen LogP contribution in [0.4, 0.5) is 0 Å². The molecule has 0 aliphatic carbocycles. The van der Waals surface area contributed by atoms with Crippen molar-refractivity contribution in [3.8, 4) is 0 Å². The summed E-state index contributed by atoms with van der Waals surface area (Å²) in [7, 11) is 0. The van der Waals surface area contributed by atoms with Gasteiger partial charge in [-0.25, -0.2) is 0 Å². The van der Waals surface area contributed by atoms with Crippen LogP contribution in [-0.2, 0) is 6.54 Å². The predicted molar refractivity (Wildman–Crippen MR) is 70.5 cm³/mol. The van der Waals surface area contributed by atoms with Crippen molar-refractivity contribution in [1.82, 2.24) is 4.90 Å². The normalized spacial score (nSPS) is 11.3. The minimum atomic E-state index is 0.602. The Kier molecular flexibility index (Phi) is 5.81. The number of thiol groups is 1. The van der Waals surface area contributed by atoms with Crippen LogP contribution in [0.3, 0.4) is 0 Å². The van der Waals surface area contributed by atoms with E-state index in [9.17, 15) is 0 Å². The van der Waals surface area contributed by atoms with E-state index in [-0.39, 0.29) is 0 Å². The third kappa shape index (κ3) is 4.72. The summed E-state index contributed by atoms with van der Waals surface area (Å²) in [6.45, 7) is 6.69. The molecular weight excluding hydrogens is 202 g/mol. The summed E-state index contributed by atoms with van der Waals surface area (Å²) in [5.41, 5.74) is 1.39. The third-order valence-corrected chi connectivity index (χ3v) is 2.88. The molecule has 1 nitrogen and oxygen atoms in total. The zero-order valence-corrected chi connectivity index (χ0v) is 10.6. The van der Waals surface area contributed by atoms with Crippen LogP contribution in [0.5, 0.6) is 0 Å². The van der Waals surface area contributed by atoms with E-state index in [2.05, 4.69) is 61.7 Å². The minimum Gasteiger partial charge on any atom is -0.297 e. The predicted octanol–water partition coefficient (Wildman–Crippen LogP) is 3.22. The lowest BCUT2D eigenvalue weighted by molar-refractivity contribution is 0.214. The van der Waals surface area contributed by atoms with Gasteiger partial charge in [-0.3, -0.25) is 4.90 Å². The lowest BCUT2D eigenvalue weighted by Gasteiger charge is -2.26. The van der Waals surface area contributed by atoms with Crippen molar-refractivity contribution >= 4 is 12.6 Å². The van der Waals surface area contributed by atoms with Crippen LogP contribution in [0.25, 0.3) is 0 Å². The van der Waals surface area contributed by atoms with Crippen molar-refractivity contribution < 1.29 is 0 Å². The Hall–Kier alpha value is -0.470. The standard InChI is InChI=1S/C13H21NS/c1-12(2)14(9-6-10-15)11-13-7-4-3-5-8-13/h3-5,7-8,12,15H,6,9-11H2,1-2H3. The fraction of sp³-hybridized carbons (Fsp3) is 0.538. The first-order chi connectivity index (χ1) is 7.24. The van der Waals surface area contributed by atoms with E-state index < -0.39 is 0 Å². The fourth-order valence-electron chi connectivity index (χ4n) is 1.61. The van der Waals surface area contributed by atoms with Crippen molar-refractivity contribution in [3.63, 3.8) is 0 Å². The van der Waals surface area contributed by atoms with E-state index in [1.165, 1.54) is 5.56 Å². The second-order valence-corrected chi connectivity index (χ2v) is 4.57. The molecule has 0 unspecified atom stereocenters. The molecule has 0 N–H and O–H groups in total. The van der Waals surface area contributed by atoms with Crippen LogP contribution in [0.15, 0.2) is 30.3 Å². The molecule has 0 heterocycles. The molecule has 0 bridgehead atoms. The molecule has 15 heavy (non-hydrogen) atoms. The zero-order chi connectivity index (χ0) is 11.1. The molecule has 1 aromatic carbocycles. The highest BCUT2D eigenvalue weighted by Crippen LogP contribution is 2.08. The number of hydrogen-bond acceptors (Lipinski definition) is 2. The minimum absolute atomic E-state index is 0.602. The Labute approximate surface area is 98.9 Å². The van der Waals surface area contributed by atoms with Gasteiger partial charge in [-0.1, -0.05) is 30.3 Å². The first-order valence-corrected chi connectivity index (χ1v) is 6.26. The van der Waals surface area contributed by atoms with Gasteiger partial charge in [-0.2, -0.15) is 12.6 Å². The van der Waals surface area contributed by atoms with Crippen molar-refractivity contribution in [2.45, 2.75) is 32.9 Å². The maximum absolute atomic E-state index is 4.26.